The fourth-order valence-electron chi connectivity index (χ4n) is 2.17. The minimum atomic E-state index is -0.502. The van der Waals surface area contributed by atoms with Crippen LogP contribution in [0.2, 0.25) is 0 Å². The maximum absolute atomic E-state index is 6.31. The van der Waals surface area contributed by atoms with E-state index in [-0.39, 0.29) is 0 Å². The molecule has 1 atom stereocenters. The van der Waals surface area contributed by atoms with E-state index in [0.717, 1.165) is 12.8 Å². The zero-order valence-corrected chi connectivity index (χ0v) is 12.7. The van der Waals surface area contributed by atoms with Gasteiger partial charge < -0.3 is 0 Å². The smallest absolute Gasteiger partial charge is 0.101 e. The molecule has 0 amide bonds. The Morgan fingerprint density at radius 1 is 0.875 bits per heavy atom. The van der Waals surface area contributed by atoms with E-state index in [1.807, 2.05) is 0 Å². The molecule has 0 aromatic rings. The number of rotatable bonds is 10. The van der Waals surface area contributed by atoms with Gasteiger partial charge in [0.25, 0.3) is 0 Å². The van der Waals surface area contributed by atoms with Crippen molar-refractivity contribution in [1.82, 2.24) is 0 Å². The zero-order chi connectivity index (χ0) is 12.4. The summed E-state index contributed by atoms with van der Waals surface area (Å²) in [4.78, 5) is 0. The van der Waals surface area contributed by atoms with Crippen LogP contribution in [0.1, 0.15) is 78.6 Å². The maximum Gasteiger partial charge on any atom is 0.120 e. The Morgan fingerprint density at radius 3 is 1.94 bits per heavy atom. The van der Waals surface area contributed by atoms with Crippen molar-refractivity contribution in [2.75, 3.05) is 0 Å². The van der Waals surface area contributed by atoms with Crippen molar-refractivity contribution in [3.05, 3.63) is 0 Å². The lowest BCUT2D eigenvalue weighted by atomic mass is 9.93. The van der Waals surface area contributed by atoms with Gasteiger partial charge in [0.05, 0.1) is 0 Å². The van der Waals surface area contributed by atoms with Crippen molar-refractivity contribution in [2.45, 2.75) is 82.9 Å². The van der Waals surface area contributed by atoms with Gasteiger partial charge in [-0.2, -0.15) is 0 Å². The summed E-state index contributed by atoms with van der Waals surface area (Å²) in [7, 11) is 0. The van der Waals surface area contributed by atoms with Crippen LogP contribution in [0.4, 0.5) is 0 Å². The summed E-state index contributed by atoms with van der Waals surface area (Å²) in [6, 6.07) is 0. The summed E-state index contributed by atoms with van der Waals surface area (Å²) < 4.78 is -0.502. The molecule has 0 rings (SSSR count). The summed E-state index contributed by atoms with van der Waals surface area (Å²) in [5, 5.41) is 0. The van der Waals surface area contributed by atoms with Crippen molar-refractivity contribution in [3.8, 4) is 0 Å². The number of halogens is 2. The number of hydrogen-bond acceptors (Lipinski definition) is 0. The molecule has 0 aliphatic carbocycles. The SMILES string of the molecule is CCCCCCCCC(CC)C(Cl)(Cl)CC. The Kier molecular flexibility index (Phi) is 9.94. The van der Waals surface area contributed by atoms with Crippen LogP contribution in [-0.4, -0.2) is 4.33 Å². The van der Waals surface area contributed by atoms with Gasteiger partial charge in [0.1, 0.15) is 4.33 Å². The lowest BCUT2D eigenvalue weighted by molar-refractivity contribution is 0.387. The van der Waals surface area contributed by atoms with Gasteiger partial charge in [-0.05, 0) is 18.8 Å². The topological polar surface area (TPSA) is 0 Å². The predicted octanol–water partition coefficient (Wildman–Crippen LogP) is 6.35. The van der Waals surface area contributed by atoms with Gasteiger partial charge in [-0.25, -0.2) is 0 Å². The minimum absolute atomic E-state index is 0.465. The zero-order valence-electron chi connectivity index (χ0n) is 11.2. The van der Waals surface area contributed by atoms with Gasteiger partial charge in [0.2, 0.25) is 0 Å². The highest BCUT2D eigenvalue weighted by Crippen LogP contribution is 2.38. The summed E-state index contributed by atoms with van der Waals surface area (Å²) in [6.07, 6.45) is 11.2. The highest BCUT2D eigenvalue weighted by atomic mass is 35.5. The normalized spacial score (nSPS) is 14.1. The van der Waals surface area contributed by atoms with E-state index in [1.165, 1.54) is 44.9 Å². The Bertz CT molecular complexity index is 155. The standard InChI is InChI=1S/C14H28Cl2/c1-4-7-8-9-10-11-12-13(5-2)14(15,16)6-3/h13H,4-12H2,1-3H3. The molecule has 0 nitrogen and oxygen atoms in total. The van der Waals surface area contributed by atoms with E-state index in [0.29, 0.717) is 5.92 Å². The molecule has 2 heteroatoms. The molecule has 0 aromatic heterocycles. The Balaban J connectivity index is 3.64. The van der Waals surface area contributed by atoms with Crippen LogP contribution >= 0.6 is 23.2 Å². The molecule has 0 N–H and O–H groups in total. The highest BCUT2D eigenvalue weighted by Gasteiger charge is 2.30. The van der Waals surface area contributed by atoms with E-state index < -0.39 is 4.33 Å². The molecule has 0 aliphatic rings. The van der Waals surface area contributed by atoms with E-state index >= 15 is 0 Å². The van der Waals surface area contributed by atoms with Crippen LogP contribution in [-0.2, 0) is 0 Å². The number of hydrogen-bond donors (Lipinski definition) is 0. The van der Waals surface area contributed by atoms with Crippen LogP contribution in [0.3, 0.4) is 0 Å². The molecule has 0 aromatic carbocycles. The molecule has 0 spiro atoms. The van der Waals surface area contributed by atoms with Crippen LogP contribution in [0.15, 0.2) is 0 Å². The highest BCUT2D eigenvalue weighted by molar-refractivity contribution is 6.48. The van der Waals surface area contributed by atoms with Crippen LogP contribution in [0, 0.1) is 5.92 Å². The lowest BCUT2D eigenvalue weighted by Crippen LogP contribution is -2.24. The predicted molar refractivity (Wildman–Crippen MR) is 76.5 cm³/mol. The van der Waals surface area contributed by atoms with Crippen LogP contribution in [0.25, 0.3) is 0 Å². The van der Waals surface area contributed by atoms with Gasteiger partial charge >= 0.3 is 0 Å². The van der Waals surface area contributed by atoms with Gasteiger partial charge in [-0.1, -0.05) is 65.7 Å². The number of unbranched alkanes of at least 4 members (excludes halogenated alkanes) is 5. The molecule has 0 fully saturated rings. The average Bonchev–Trinajstić information content (AvgIpc) is 2.28. The fraction of sp³-hybridized carbons (Fsp3) is 1.00. The Hall–Kier alpha value is 0.580. The molecule has 0 radical (unpaired) electrons. The lowest BCUT2D eigenvalue weighted by Gasteiger charge is -2.28. The minimum Gasteiger partial charge on any atom is -0.101 e. The van der Waals surface area contributed by atoms with E-state index in [4.69, 9.17) is 23.2 Å². The van der Waals surface area contributed by atoms with Gasteiger partial charge in [-0.3, -0.25) is 0 Å². The molecule has 0 aliphatic heterocycles. The Labute approximate surface area is 112 Å². The summed E-state index contributed by atoms with van der Waals surface area (Å²) in [6.45, 7) is 6.52. The monoisotopic (exact) mass is 266 g/mol. The van der Waals surface area contributed by atoms with Crippen molar-refractivity contribution in [2.24, 2.45) is 5.92 Å². The molecule has 98 valence electrons. The molecule has 0 saturated carbocycles. The van der Waals surface area contributed by atoms with Crippen molar-refractivity contribution in [1.29, 1.82) is 0 Å². The third-order valence-corrected chi connectivity index (χ3v) is 4.62. The van der Waals surface area contributed by atoms with Gasteiger partial charge in [0, 0.05) is 0 Å². The molecular formula is C14H28Cl2. The Morgan fingerprint density at radius 2 is 1.44 bits per heavy atom. The molecule has 0 heterocycles. The maximum atomic E-state index is 6.31. The molecular weight excluding hydrogens is 239 g/mol. The summed E-state index contributed by atoms with van der Waals surface area (Å²) >= 11 is 12.6. The second-order valence-electron chi connectivity index (χ2n) is 4.78. The van der Waals surface area contributed by atoms with E-state index in [1.54, 1.807) is 0 Å². The first-order valence-electron chi connectivity index (χ1n) is 6.96. The second-order valence-corrected chi connectivity index (χ2v) is 6.32. The molecule has 16 heavy (non-hydrogen) atoms. The summed E-state index contributed by atoms with van der Waals surface area (Å²) in [5.41, 5.74) is 0. The van der Waals surface area contributed by atoms with Gasteiger partial charge in [0.15, 0.2) is 0 Å². The van der Waals surface area contributed by atoms with E-state index in [9.17, 15) is 0 Å². The van der Waals surface area contributed by atoms with Crippen molar-refractivity contribution < 1.29 is 0 Å². The number of alkyl halides is 2. The van der Waals surface area contributed by atoms with Crippen LogP contribution < -0.4 is 0 Å². The molecule has 1 unspecified atom stereocenters. The summed E-state index contributed by atoms with van der Waals surface area (Å²) in [5.74, 6) is 0.465. The molecule has 0 bridgehead atoms. The van der Waals surface area contributed by atoms with Crippen molar-refractivity contribution in [3.63, 3.8) is 0 Å². The third-order valence-electron chi connectivity index (χ3n) is 3.47. The van der Waals surface area contributed by atoms with Gasteiger partial charge in [-0.15, -0.1) is 23.2 Å². The second kappa shape index (κ2) is 9.59. The first-order chi connectivity index (χ1) is 7.58. The van der Waals surface area contributed by atoms with Crippen LogP contribution in [0.5, 0.6) is 0 Å². The fourth-order valence-corrected chi connectivity index (χ4v) is 2.70. The molecule has 0 saturated heterocycles. The first-order valence-corrected chi connectivity index (χ1v) is 7.71. The first kappa shape index (κ1) is 16.6. The quantitative estimate of drug-likeness (QED) is 0.319. The largest absolute Gasteiger partial charge is 0.120 e. The third kappa shape index (κ3) is 7.01. The van der Waals surface area contributed by atoms with Crippen molar-refractivity contribution >= 4 is 23.2 Å². The average molecular weight is 267 g/mol. The van der Waals surface area contributed by atoms with E-state index in [2.05, 4.69) is 20.8 Å².